The summed E-state index contributed by atoms with van der Waals surface area (Å²) in [6.07, 6.45) is 4.73. The summed E-state index contributed by atoms with van der Waals surface area (Å²) in [6.45, 7) is 6.28. The first-order valence-electron chi connectivity index (χ1n) is 7.32. The van der Waals surface area contributed by atoms with Gasteiger partial charge in [-0.3, -0.25) is 9.36 Å². The third kappa shape index (κ3) is 2.42. The topological polar surface area (TPSA) is 46.9 Å². The number of benzene rings is 1. The smallest absolute Gasteiger partial charge is 0.261 e. The highest BCUT2D eigenvalue weighted by Gasteiger charge is 2.14. The van der Waals surface area contributed by atoms with Gasteiger partial charge in [0, 0.05) is 13.1 Å². The van der Waals surface area contributed by atoms with Crippen molar-refractivity contribution in [2.75, 3.05) is 12.4 Å². The number of nitrogens with zero attached hydrogens (tertiary/aromatic N) is 2. The van der Waals surface area contributed by atoms with Gasteiger partial charge in [0.1, 0.15) is 5.52 Å². The maximum absolute atomic E-state index is 12.7. The molecule has 1 atom stereocenters. The summed E-state index contributed by atoms with van der Waals surface area (Å²) in [5.41, 5.74) is 2.87. The zero-order chi connectivity index (χ0) is 14.7. The van der Waals surface area contributed by atoms with Gasteiger partial charge in [0.25, 0.3) is 5.56 Å². The Labute approximate surface area is 119 Å². The summed E-state index contributed by atoms with van der Waals surface area (Å²) in [7, 11) is 1.86. The quantitative estimate of drug-likeness (QED) is 0.907. The summed E-state index contributed by atoms with van der Waals surface area (Å²) >= 11 is 0. The molecule has 0 amide bonds. The molecule has 20 heavy (non-hydrogen) atoms. The van der Waals surface area contributed by atoms with E-state index in [0.29, 0.717) is 5.39 Å². The molecule has 2 rings (SSSR count). The number of anilines is 1. The molecule has 1 N–H and O–H groups in total. The molecule has 0 saturated heterocycles. The average Bonchev–Trinajstić information content (AvgIpc) is 2.45. The molecule has 1 aromatic heterocycles. The summed E-state index contributed by atoms with van der Waals surface area (Å²) in [4.78, 5) is 17.2. The van der Waals surface area contributed by atoms with Gasteiger partial charge in [0.2, 0.25) is 0 Å². The number of rotatable bonds is 5. The van der Waals surface area contributed by atoms with E-state index in [1.807, 2.05) is 26.1 Å². The number of nitrogens with one attached hydrogen (secondary N) is 1. The fraction of sp³-hybridized carbons (Fsp3) is 0.500. The van der Waals surface area contributed by atoms with E-state index >= 15 is 0 Å². The average molecular weight is 273 g/mol. The van der Waals surface area contributed by atoms with Crippen LogP contribution in [0.25, 0.3) is 10.9 Å². The molecule has 0 aliphatic heterocycles. The van der Waals surface area contributed by atoms with E-state index in [1.54, 1.807) is 10.9 Å². The van der Waals surface area contributed by atoms with Crippen LogP contribution in [-0.4, -0.2) is 16.6 Å². The lowest BCUT2D eigenvalue weighted by molar-refractivity contribution is 0.433. The Morgan fingerprint density at radius 3 is 2.70 bits per heavy atom. The second kappa shape index (κ2) is 6.07. The van der Waals surface area contributed by atoms with Crippen LogP contribution in [0.4, 0.5) is 5.69 Å². The van der Waals surface area contributed by atoms with Crippen molar-refractivity contribution in [2.45, 2.75) is 46.1 Å². The van der Waals surface area contributed by atoms with Crippen molar-refractivity contribution >= 4 is 16.6 Å². The van der Waals surface area contributed by atoms with E-state index in [-0.39, 0.29) is 11.6 Å². The van der Waals surface area contributed by atoms with Gasteiger partial charge in [-0.1, -0.05) is 26.3 Å². The molecule has 1 heterocycles. The van der Waals surface area contributed by atoms with Gasteiger partial charge in [-0.25, -0.2) is 4.98 Å². The van der Waals surface area contributed by atoms with Crippen LogP contribution in [0.2, 0.25) is 0 Å². The highest BCUT2D eigenvalue weighted by atomic mass is 16.1. The third-order valence-electron chi connectivity index (χ3n) is 3.90. The molecular formula is C16H23N3O. The summed E-state index contributed by atoms with van der Waals surface area (Å²) in [5.74, 6) is 0. The van der Waals surface area contributed by atoms with Crippen LogP contribution in [0, 0.1) is 6.92 Å². The molecule has 2 aromatic rings. The number of hydrogen-bond acceptors (Lipinski definition) is 3. The molecule has 108 valence electrons. The van der Waals surface area contributed by atoms with Gasteiger partial charge in [0.15, 0.2) is 0 Å². The van der Waals surface area contributed by atoms with Crippen molar-refractivity contribution < 1.29 is 0 Å². The lowest BCUT2D eigenvalue weighted by Crippen LogP contribution is -2.25. The molecule has 0 aliphatic carbocycles. The van der Waals surface area contributed by atoms with Crippen molar-refractivity contribution in [3.63, 3.8) is 0 Å². The molecule has 0 bridgehead atoms. The monoisotopic (exact) mass is 273 g/mol. The summed E-state index contributed by atoms with van der Waals surface area (Å²) in [6, 6.07) is 4.10. The predicted octanol–water partition coefficient (Wildman–Crippen LogP) is 3.50. The van der Waals surface area contributed by atoms with E-state index < -0.39 is 0 Å². The van der Waals surface area contributed by atoms with E-state index in [9.17, 15) is 4.79 Å². The molecule has 4 heteroatoms. The number of fused-ring (bicyclic) bond motifs is 1. The third-order valence-corrected chi connectivity index (χ3v) is 3.90. The fourth-order valence-electron chi connectivity index (χ4n) is 2.76. The largest absolute Gasteiger partial charge is 0.386 e. The van der Waals surface area contributed by atoms with Crippen molar-refractivity contribution in [3.8, 4) is 0 Å². The first kappa shape index (κ1) is 14.6. The molecule has 0 saturated carbocycles. The van der Waals surface area contributed by atoms with Crippen LogP contribution in [0.15, 0.2) is 23.3 Å². The first-order valence-corrected chi connectivity index (χ1v) is 7.32. The van der Waals surface area contributed by atoms with Crippen LogP contribution in [0.5, 0.6) is 0 Å². The lowest BCUT2D eigenvalue weighted by atomic mass is 10.1. The van der Waals surface area contributed by atoms with Gasteiger partial charge >= 0.3 is 0 Å². The van der Waals surface area contributed by atoms with Gasteiger partial charge in [-0.15, -0.1) is 0 Å². The van der Waals surface area contributed by atoms with Gasteiger partial charge in [0.05, 0.1) is 17.4 Å². The molecule has 0 spiro atoms. The van der Waals surface area contributed by atoms with Crippen LogP contribution < -0.4 is 10.9 Å². The molecular weight excluding hydrogens is 250 g/mol. The number of aromatic nitrogens is 2. The van der Waals surface area contributed by atoms with Crippen molar-refractivity contribution in [3.05, 3.63) is 34.4 Å². The van der Waals surface area contributed by atoms with E-state index in [2.05, 4.69) is 24.1 Å². The van der Waals surface area contributed by atoms with Crippen molar-refractivity contribution in [1.29, 1.82) is 0 Å². The van der Waals surface area contributed by atoms with E-state index in [4.69, 9.17) is 0 Å². The minimum atomic E-state index is 0.0619. The van der Waals surface area contributed by atoms with Gasteiger partial charge in [-0.05, 0) is 31.4 Å². The molecule has 1 aromatic carbocycles. The second-order valence-electron chi connectivity index (χ2n) is 5.21. The molecule has 1 unspecified atom stereocenters. The zero-order valence-electron chi connectivity index (χ0n) is 12.7. The van der Waals surface area contributed by atoms with Crippen LogP contribution in [-0.2, 0) is 0 Å². The number of aryl methyl sites for hydroxylation is 1. The Balaban J connectivity index is 2.66. The molecule has 0 fully saturated rings. The van der Waals surface area contributed by atoms with Crippen LogP contribution in [0.1, 0.15) is 44.7 Å². The minimum absolute atomic E-state index is 0.0619. The summed E-state index contributed by atoms with van der Waals surface area (Å²) in [5, 5.41) is 3.83. The molecule has 0 radical (unpaired) electrons. The van der Waals surface area contributed by atoms with Gasteiger partial charge in [-0.2, -0.15) is 0 Å². The molecule has 4 nitrogen and oxygen atoms in total. The summed E-state index contributed by atoms with van der Waals surface area (Å²) < 4.78 is 1.79. The van der Waals surface area contributed by atoms with Crippen LogP contribution >= 0.6 is 0 Å². The normalized spacial score (nSPS) is 12.6. The zero-order valence-corrected chi connectivity index (χ0v) is 12.7. The van der Waals surface area contributed by atoms with E-state index in [1.165, 1.54) is 0 Å². The van der Waals surface area contributed by atoms with E-state index in [0.717, 1.165) is 36.0 Å². The Morgan fingerprint density at radius 2 is 2.10 bits per heavy atom. The Hall–Kier alpha value is -1.84. The lowest BCUT2D eigenvalue weighted by Gasteiger charge is -2.18. The van der Waals surface area contributed by atoms with Crippen LogP contribution in [0.3, 0.4) is 0 Å². The number of hydrogen-bond donors (Lipinski definition) is 1. The Bertz CT molecular complexity index is 661. The second-order valence-corrected chi connectivity index (χ2v) is 5.21. The highest BCUT2D eigenvalue weighted by molar-refractivity contribution is 5.91. The SMILES string of the molecule is CCCC(CC)n1cnc2c(NC)c(C)ccc2c1=O. The fourth-order valence-corrected chi connectivity index (χ4v) is 2.76. The van der Waals surface area contributed by atoms with Crippen molar-refractivity contribution in [1.82, 2.24) is 9.55 Å². The highest BCUT2D eigenvalue weighted by Crippen LogP contribution is 2.24. The maximum Gasteiger partial charge on any atom is 0.261 e. The van der Waals surface area contributed by atoms with Crippen molar-refractivity contribution in [2.24, 2.45) is 0 Å². The predicted molar refractivity (Wildman–Crippen MR) is 84.5 cm³/mol. The Kier molecular flexibility index (Phi) is 4.42. The minimum Gasteiger partial charge on any atom is -0.386 e. The van der Waals surface area contributed by atoms with Gasteiger partial charge < -0.3 is 5.32 Å². The standard InChI is InChI=1S/C16H23N3O/c1-5-7-12(6-2)19-10-18-15-13(16(19)20)9-8-11(3)14(15)17-4/h8-10,12,17H,5-7H2,1-4H3. The molecule has 0 aliphatic rings. The Morgan fingerprint density at radius 1 is 1.35 bits per heavy atom. The first-order chi connectivity index (χ1) is 9.63. The maximum atomic E-state index is 12.7.